The third-order valence-electron chi connectivity index (χ3n) is 2.28. The summed E-state index contributed by atoms with van der Waals surface area (Å²) in [6, 6.07) is 0. The molecule has 0 rings (SSSR count). The lowest BCUT2D eigenvalue weighted by atomic mass is 9.97. The standard InChI is InChI=1S/C9H14F6N2O2/c1-7(17,6(16)18)3-2-4-19-5(8(10,11)12)9(13,14)15/h5H,2-4,17H2,1H3,(H2,16,18). The molecule has 0 aromatic carbocycles. The van der Waals surface area contributed by atoms with Crippen LogP contribution in [0.15, 0.2) is 0 Å². The first-order valence-electron chi connectivity index (χ1n) is 5.12. The molecular formula is C9H14F6N2O2. The van der Waals surface area contributed by atoms with E-state index < -0.39 is 36.5 Å². The third-order valence-corrected chi connectivity index (χ3v) is 2.28. The Kier molecular flexibility index (Phi) is 5.63. The monoisotopic (exact) mass is 296 g/mol. The normalized spacial score (nSPS) is 16.5. The molecule has 0 saturated heterocycles. The van der Waals surface area contributed by atoms with Crippen molar-refractivity contribution in [2.75, 3.05) is 6.61 Å². The average Bonchev–Trinajstić information content (AvgIpc) is 2.12. The Hall–Kier alpha value is -1.03. The number of amides is 1. The molecule has 0 radical (unpaired) electrons. The van der Waals surface area contributed by atoms with Gasteiger partial charge in [0.1, 0.15) is 0 Å². The molecule has 4 nitrogen and oxygen atoms in total. The van der Waals surface area contributed by atoms with Crippen molar-refractivity contribution in [1.82, 2.24) is 0 Å². The minimum Gasteiger partial charge on any atom is -0.368 e. The number of rotatable bonds is 6. The highest BCUT2D eigenvalue weighted by Gasteiger charge is 2.57. The summed E-state index contributed by atoms with van der Waals surface area (Å²) >= 11 is 0. The van der Waals surface area contributed by atoms with Gasteiger partial charge in [0.05, 0.1) is 5.54 Å². The number of carbonyl (C=O) groups excluding carboxylic acids is 1. The highest BCUT2D eigenvalue weighted by molar-refractivity contribution is 5.83. The average molecular weight is 296 g/mol. The van der Waals surface area contributed by atoms with Crippen molar-refractivity contribution in [3.05, 3.63) is 0 Å². The molecule has 1 atom stereocenters. The smallest absolute Gasteiger partial charge is 0.368 e. The van der Waals surface area contributed by atoms with Gasteiger partial charge in [0.2, 0.25) is 12.0 Å². The van der Waals surface area contributed by atoms with Crippen LogP contribution < -0.4 is 11.5 Å². The maximum absolute atomic E-state index is 12.1. The Bertz CT molecular complexity index is 299. The van der Waals surface area contributed by atoms with E-state index in [4.69, 9.17) is 11.5 Å². The predicted molar refractivity (Wildman–Crippen MR) is 52.9 cm³/mol. The molecule has 0 aromatic heterocycles. The molecule has 0 aromatic rings. The highest BCUT2D eigenvalue weighted by Crippen LogP contribution is 2.35. The summed E-state index contributed by atoms with van der Waals surface area (Å²) in [4.78, 5) is 10.8. The van der Waals surface area contributed by atoms with Crippen LogP contribution in [-0.4, -0.2) is 36.5 Å². The van der Waals surface area contributed by atoms with Crippen LogP contribution in [0.1, 0.15) is 19.8 Å². The van der Waals surface area contributed by atoms with E-state index in [1.54, 1.807) is 0 Å². The van der Waals surface area contributed by atoms with Crippen molar-refractivity contribution >= 4 is 5.91 Å². The summed E-state index contributed by atoms with van der Waals surface area (Å²) in [5.41, 5.74) is 8.75. The van der Waals surface area contributed by atoms with Crippen molar-refractivity contribution < 1.29 is 35.9 Å². The lowest BCUT2D eigenvalue weighted by Crippen LogP contribution is -2.49. The van der Waals surface area contributed by atoms with Crippen LogP contribution in [0, 0.1) is 0 Å². The van der Waals surface area contributed by atoms with Gasteiger partial charge in [-0.2, -0.15) is 26.3 Å². The van der Waals surface area contributed by atoms with Crippen LogP contribution in [0.25, 0.3) is 0 Å². The molecule has 0 aliphatic carbocycles. The molecule has 4 N–H and O–H groups in total. The maximum atomic E-state index is 12.1. The Morgan fingerprint density at radius 2 is 1.58 bits per heavy atom. The fourth-order valence-corrected chi connectivity index (χ4v) is 1.14. The van der Waals surface area contributed by atoms with Crippen molar-refractivity contribution in [1.29, 1.82) is 0 Å². The van der Waals surface area contributed by atoms with Gasteiger partial charge in [-0.3, -0.25) is 4.79 Å². The number of primary amides is 1. The topological polar surface area (TPSA) is 78.3 Å². The van der Waals surface area contributed by atoms with Crippen molar-refractivity contribution in [2.24, 2.45) is 11.5 Å². The summed E-state index contributed by atoms with van der Waals surface area (Å²) in [5.74, 6) is -0.907. The van der Waals surface area contributed by atoms with E-state index in [-0.39, 0.29) is 12.8 Å². The van der Waals surface area contributed by atoms with E-state index in [1.165, 1.54) is 6.92 Å². The number of nitrogens with two attached hydrogens (primary N) is 2. The zero-order valence-electron chi connectivity index (χ0n) is 9.94. The van der Waals surface area contributed by atoms with Gasteiger partial charge in [-0.15, -0.1) is 0 Å². The molecule has 0 aliphatic rings. The van der Waals surface area contributed by atoms with Gasteiger partial charge < -0.3 is 16.2 Å². The van der Waals surface area contributed by atoms with Gasteiger partial charge in [-0.1, -0.05) is 0 Å². The molecule has 0 aliphatic heterocycles. The SMILES string of the molecule is CC(N)(CCCOC(C(F)(F)F)C(F)(F)F)C(N)=O. The number of halogens is 6. The summed E-state index contributed by atoms with van der Waals surface area (Å²) in [6.07, 6.45) is -15.4. The zero-order chi connectivity index (χ0) is 15.5. The first-order chi connectivity index (χ1) is 8.28. The van der Waals surface area contributed by atoms with Crippen LogP contribution in [0.2, 0.25) is 0 Å². The lowest BCUT2D eigenvalue weighted by Gasteiger charge is -2.24. The Labute approximate surface area is 105 Å². The van der Waals surface area contributed by atoms with E-state index in [9.17, 15) is 31.1 Å². The number of alkyl halides is 6. The molecule has 0 spiro atoms. The number of hydrogen-bond acceptors (Lipinski definition) is 3. The third kappa shape index (κ3) is 6.10. The van der Waals surface area contributed by atoms with Crippen LogP contribution in [0.3, 0.4) is 0 Å². The van der Waals surface area contributed by atoms with Crippen LogP contribution in [-0.2, 0) is 9.53 Å². The fraction of sp³-hybridized carbons (Fsp3) is 0.889. The quantitative estimate of drug-likeness (QED) is 0.575. The first kappa shape index (κ1) is 18.0. The molecule has 114 valence electrons. The molecule has 10 heteroatoms. The van der Waals surface area contributed by atoms with Gasteiger partial charge in [-0.25, -0.2) is 0 Å². The number of carbonyl (C=O) groups is 1. The predicted octanol–water partition coefficient (Wildman–Crippen LogP) is 1.48. The summed E-state index contributed by atoms with van der Waals surface area (Å²) < 4.78 is 76.2. The van der Waals surface area contributed by atoms with Crippen LogP contribution in [0.5, 0.6) is 0 Å². The van der Waals surface area contributed by atoms with Crippen molar-refractivity contribution in [3.63, 3.8) is 0 Å². The molecular weight excluding hydrogens is 282 g/mol. The second-order valence-corrected chi connectivity index (χ2v) is 4.22. The zero-order valence-corrected chi connectivity index (χ0v) is 9.94. The van der Waals surface area contributed by atoms with E-state index in [0.717, 1.165) is 0 Å². The van der Waals surface area contributed by atoms with E-state index in [1.807, 2.05) is 0 Å². The Balaban J connectivity index is 4.35. The van der Waals surface area contributed by atoms with E-state index >= 15 is 0 Å². The van der Waals surface area contributed by atoms with Crippen molar-refractivity contribution in [3.8, 4) is 0 Å². The second kappa shape index (κ2) is 5.95. The molecule has 1 amide bonds. The van der Waals surface area contributed by atoms with Gasteiger partial charge in [0, 0.05) is 6.61 Å². The first-order valence-corrected chi connectivity index (χ1v) is 5.12. The Morgan fingerprint density at radius 3 is 1.89 bits per heavy atom. The van der Waals surface area contributed by atoms with Gasteiger partial charge in [0.15, 0.2) is 0 Å². The van der Waals surface area contributed by atoms with Gasteiger partial charge in [0.25, 0.3) is 0 Å². The second-order valence-electron chi connectivity index (χ2n) is 4.22. The van der Waals surface area contributed by atoms with Crippen LogP contribution >= 0.6 is 0 Å². The maximum Gasteiger partial charge on any atom is 0.423 e. The molecule has 0 heterocycles. The molecule has 0 bridgehead atoms. The number of ether oxygens (including phenoxy) is 1. The molecule has 0 saturated carbocycles. The van der Waals surface area contributed by atoms with Gasteiger partial charge in [-0.05, 0) is 19.8 Å². The van der Waals surface area contributed by atoms with E-state index in [0.29, 0.717) is 0 Å². The van der Waals surface area contributed by atoms with Gasteiger partial charge >= 0.3 is 12.4 Å². The summed E-state index contributed by atoms with van der Waals surface area (Å²) in [6.45, 7) is 0.379. The highest BCUT2D eigenvalue weighted by atomic mass is 19.4. The minimum atomic E-state index is -5.55. The minimum absolute atomic E-state index is 0.190. The fourth-order valence-electron chi connectivity index (χ4n) is 1.14. The van der Waals surface area contributed by atoms with E-state index in [2.05, 4.69) is 4.74 Å². The summed E-state index contributed by atoms with van der Waals surface area (Å²) in [5, 5.41) is 0. The Morgan fingerprint density at radius 1 is 1.16 bits per heavy atom. The number of hydrogen-bond donors (Lipinski definition) is 2. The molecule has 0 fully saturated rings. The summed E-state index contributed by atoms with van der Waals surface area (Å²) in [7, 11) is 0. The van der Waals surface area contributed by atoms with Crippen LogP contribution in [0.4, 0.5) is 26.3 Å². The van der Waals surface area contributed by atoms with Crippen molar-refractivity contribution in [2.45, 2.75) is 43.8 Å². The largest absolute Gasteiger partial charge is 0.423 e. The lowest BCUT2D eigenvalue weighted by molar-refractivity contribution is -0.321. The molecule has 1 unspecified atom stereocenters. The molecule has 19 heavy (non-hydrogen) atoms.